The molecule has 0 spiro atoms. The fraction of sp³-hybridized carbons (Fsp3) is 0.458. The van der Waals surface area contributed by atoms with Gasteiger partial charge in [0.05, 0.1) is 31.6 Å². The summed E-state index contributed by atoms with van der Waals surface area (Å²) in [6, 6.07) is 14.8. The smallest absolute Gasteiger partial charge is 0.254 e. The molecule has 3 atom stereocenters. The van der Waals surface area contributed by atoms with Crippen LogP contribution in [0.25, 0.3) is 11.1 Å². The Kier molecular flexibility index (Phi) is 7.71. The average molecular weight is 461 g/mol. The largest absolute Gasteiger partial charge is 0.394 e. The quantitative estimate of drug-likeness (QED) is 0.741. The second-order valence-corrected chi connectivity index (χ2v) is 10.7. The van der Waals surface area contributed by atoms with Crippen molar-refractivity contribution in [3.63, 3.8) is 0 Å². The number of hydrogen-bond acceptors (Lipinski definition) is 5. The molecule has 1 heterocycles. The predicted octanol–water partition coefficient (Wildman–Crippen LogP) is 2.60. The molecule has 2 aromatic carbocycles. The topological polar surface area (TPSA) is 87.2 Å². The predicted molar refractivity (Wildman–Crippen MR) is 125 cm³/mol. The second-order valence-electron chi connectivity index (χ2n) is 8.56. The van der Waals surface area contributed by atoms with Gasteiger partial charge in [-0.3, -0.25) is 4.79 Å². The molecule has 7 nitrogen and oxygen atoms in total. The Morgan fingerprint density at radius 3 is 2.34 bits per heavy atom. The number of carbonyl (C=O) groups excluding carboxylic acids is 1. The number of amides is 1. The summed E-state index contributed by atoms with van der Waals surface area (Å²) >= 11 is 0. The van der Waals surface area contributed by atoms with E-state index in [0.29, 0.717) is 18.7 Å². The molecule has 0 unspecified atom stereocenters. The highest BCUT2D eigenvalue weighted by molar-refractivity contribution is 7.88. The maximum atomic E-state index is 13.7. The van der Waals surface area contributed by atoms with Crippen molar-refractivity contribution in [1.29, 1.82) is 0 Å². The average Bonchev–Trinajstić information content (AvgIpc) is 2.79. The molecule has 32 heavy (non-hydrogen) atoms. The number of aliphatic hydroxyl groups is 1. The summed E-state index contributed by atoms with van der Waals surface area (Å²) in [4.78, 5) is 15.3. The number of fused-ring (bicyclic) bond motifs is 3. The fourth-order valence-corrected chi connectivity index (χ4v) is 4.36. The van der Waals surface area contributed by atoms with Gasteiger partial charge in [-0.25, -0.2) is 12.7 Å². The molecule has 1 aliphatic rings. The number of hydrogen-bond donors (Lipinski definition) is 1. The number of aliphatic hydroxyl groups excluding tert-OH is 1. The Hall–Kier alpha value is -2.26. The van der Waals surface area contributed by atoms with Gasteiger partial charge in [-0.2, -0.15) is 0 Å². The summed E-state index contributed by atoms with van der Waals surface area (Å²) in [6.07, 6.45) is 0.726. The third kappa shape index (κ3) is 5.38. The van der Waals surface area contributed by atoms with E-state index in [0.717, 1.165) is 16.7 Å². The minimum absolute atomic E-state index is 0.166. The van der Waals surface area contributed by atoms with Crippen LogP contribution in [-0.2, 0) is 21.4 Å². The first-order valence-corrected chi connectivity index (χ1v) is 12.6. The zero-order valence-electron chi connectivity index (χ0n) is 19.1. The van der Waals surface area contributed by atoms with Gasteiger partial charge < -0.3 is 14.7 Å². The Morgan fingerprint density at radius 2 is 1.72 bits per heavy atom. The Morgan fingerprint density at radius 1 is 1.12 bits per heavy atom. The van der Waals surface area contributed by atoms with Gasteiger partial charge in [0.1, 0.15) is 0 Å². The van der Waals surface area contributed by atoms with Crippen molar-refractivity contribution in [3.05, 3.63) is 59.7 Å². The summed E-state index contributed by atoms with van der Waals surface area (Å²) < 4.78 is 31.6. The maximum absolute atomic E-state index is 13.7. The molecule has 0 radical (unpaired) electrons. The monoisotopic (exact) mass is 460 g/mol. The molecule has 0 saturated carbocycles. The lowest BCUT2D eigenvalue weighted by Crippen LogP contribution is -2.47. The molecule has 8 heteroatoms. The van der Waals surface area contributed by atoms with Gasteiger partial charge in [0.25, 0.3) is 5.91 Å². The van der Waals surface area contributed by atoms with Crippen LogP contribution in [-0.4, -0.2) is 73.8 Å². The fourth-order valence-electron chi connectivity index (χ4n) is 3.94. The lowest BCUT2D eigenvalue weighted by atomic mass is 9.94. The third-order valence-electron chi connectivity index (χ3n) is 6.10. The first-order chi connectivity index (χ1) is 15.1. The van der Waals surface area contributed by atoms with Gasteiger partial charge >= 0.3 is 0 Å². The van der Waals surface area contributed by atoms with E-state index in [4.69, 9.17) is 4.74 Å². The molecule has 174 valence electrons. The summed E-state index contributed by atoms with van der Waals surface area (Å²) in [7, 11) is -1.86. The van der Waals surface area contributed by atoms with Crippen molar-refractivity contribution in [3.8, 4) is 11.1 Å². The van der Waals surface area contributed by atoms with E-state index in [1.807, 2.05) is 55.5 Å². The number of carbonyl (C=O) groups is 1. The first kappa shape index (κ1) is 24.4. The summed E-state index contributed by atoms with van der Waals surface area (Å²) in [5.74, 6) is -0.338. The lowest BCUT2D eigenvalue weighted by molar-refractivity contribution is -0.0145. The van der Waals surface area contributed by atoms with E-state index in [9.17, 15) is 18.3 Å². The zero-order chi connectivity index (χ0) is 23.5. The number of rotatable bonds is 5. The molecule has 2 aromatic rings. The lowest BCUT2D eigenvalue weighted by Gasteiger charge is -2.34. The molecule has 1 amide bonds. The number of nitrogens with zero attached hydrogens (tertiary/aromatic N) is 2. The van der Waals surface area contributed by atoms with Crippen LogP contribution >= 0.6 is 0 Å². The molecule has 0 aromatic heterocycles. The van der Waals surface area contributed by atoms with Gasteiger partial charge in [0.2, 0.25) is 10.0 Å². The van der Waals surface area contributed by atoms with E-state index in [2.05, 4.69) is 0 Å². The molecule has 1 N–H and O–H groups in total. The van der Waals surface area contributed by atoms with Crippen LogP contribution in [0, 0.1) is 5.92 Å². The Balaban J connectivity index is 2.11. The van der Waals surface area contributed by atoms with Crippen LogP contribution in [0.1, 0.15) is 29.8 Å². The normalized spacial score (nSPS) is 20.9. The maximum Gasteiger partial charge on any atom is 0.254 e. The van der Waals surface area contributed by atoms with E-state index >= 15 is 0 Å². The first-order valence-electron chi connectivity index (χ1n) is 10.8. The summed E-state index contributed by atoms with van der Waals surface area (Å²) in [6.45, 7) is 4.37. The van der Waals surface area contributed by atoms with Crippen LogP contribution in [0.4, 0.5) is 0 Å². The summed E-state index contributed by atoms with van der Waals surface area (Å²) in [5, 5.41) is 9.85. The van der Waals surface area contributed by atoms with Crippen LogP contribution in [0.2, 0.25) is 0 Å². The van der Waals surface area contributed by atoms with E-state index in [1.165, 1.54) is 17.6 Å². The molecular weight excluding hydrogens is 428 g/mol. The van der Waals surface area contributed by atoms with Gasteiger partial charge in [-0.05, 0) is 29.7 Å². The van der Waals surface area contributed by atoms with Crippen LogP contribution in [0.3, 0.4) is 0 Å². The van der Waals surface area contributed by atoms with Crippen molar-refractivity contribution in [2.75, 3.05) is 33.0 Å². The number of sulfonamides is 1. The second kappa shape index (κ2) is 10.1. The van der Waals surface area contributed by atoms with E-state index < -0.39 is 22.2 Å². The van der Waals surface area contributed by atoms with Crippen LogP contribution in [0.15, 0.2) is 48.5 Å². The van der Waals surface area contributed by atoms with Gasteiger partial charge in [-0.15, -0.1) is 0 Å². The molecule has 0 saturated heterocycles. The third-order valence-corrected chi connectivity index (χ3v) is 7.38. The molecule has 3 rings (SSSR count). The van der Waals surface area contributed by atoms with Gasteiger partial charge in [0.15, 0.2) is 0 Å². The standard InChI is InChI=1S/C24H32N2O5S/c1-17-13-26(18(2)15-27)24(28)22-12-8-7-11-21(22)20-10-6-5-9-19(20)16-31-23(17)14-25(3)32(4,29)30/h5-12,17-18,23,27H,13-16H2,1-4H3/t17-,18-,23-/m0/s1. The highest BCUT2D eigenvalue weighted by Crippen LogP contribution is 2.31. The highest BCUT2D eigenvalue weighted by atomic mass is 32.2. The van der Waals surface area contributed by atoms with Gasteiger partial charge in [-0.1, -0.05) is 49.4 Å². The van der Waals surface area contributed by atoms with Gasteiger partial charge in [0, 0.05) is 31.6 Å². The molecule has 0 bridgehead atoms. The molecular formula is C24H32N2O5S. The summed E-state index contributed by atoms with van der Waals surface area (Å²) in [5.41, 5.74) is 3.21. The van der Waals surface area contributed by atoms with Crippen molar-refractivity contribution < 1.29 is 23.1 Å². The Bertz CT molecular complexity index is 1060. The number of likely N-dealkylation sites (N-methyl/N-ethyl adjacent to an activating group) is 1. The van der Waals surface area contributed by atoms with Crippen LogP contribution < -0.4 is 0 Å². The van der Waals surface area contributed by atoms with Crippen molar-refractivity contribution >= 4 is 15.9 Å². The molecule has 0 aliphatic carbocycles. The van der Waals surface area contributed by atoms with Crippen molar-refractivity contribution in [1.82, 2.24) is 9.21 Å². The molecule has 0 fully saturated rings. The van der Waals surface area contributed by atoms with E-state index in [-0.39, 0.29) is 25.0 Å². The minimum atomic E-state index is -3.39. The number of ether oxygens (including phenoxy) is 1. The number of benzene rings is 2. The minimum Gasteiger partial charge on any atom is -0.394 e. The Labute approximate surface area is 190 Å². The molecule has 1 aliphatic heterocycles. The van der Waals surface area contributed by atoms with E-state index in [1.54, 1.807) is 11.8 Å². The highest BCUT2D eigenvalue weighted by Gasteiger charge is 2.31. The SMILES string of the molecule is C[C@H]1CN([C@@H](C)CO)C(=O)c2ccccc2-c2ccccc2CO[C@H]1CN(C)S(C)(=O)=O. The zero-order valence-corrected chi connectivity index (χ0v) is 19.9. The van der Waals surface area contributed by atoms with Crippen molar-refractivity contribution in [2.24, 2.45) is 5.92 Å². The van der Waals surface area contributed by atoms with Crippen molar-refractivity contribution in [2.45, 2.75) is 32.6 Å². The van der Waals surface area contributed by atoms with Crippen LogP contribution in [0.5, 0.6) is 0 Å².